The summed E-state index contributed by atoms with van der Waals surface area (Å²) in [4.78, 5) is 10.7. The predicted octanol–water partition coefficient (Wildman–Crippen LogP) is 2.99. The summed E-state index contributed by atoms with van der Waals surface area (Å²) in [5.41, 5.74) is 5.18. The molecule has 0 aliphatic heterocycles. The Kier molecular flexibility index (Phi) is 3.65. The van der Waals surface area contributed by atoms with Gasteiger partial charge < -0.3 is 10.3 Å². The van der Waals surface area contributed by atoms with Gasteiger partial charge in [-0.2, -0.15) is 13.2 Å². The van der Waals surface area contributed by atoms with Gasteiger partial charge in [0.2, 0.25) is 5.91 Å². The topological polar surface area (TPSA) is 48.0 Å². The fraction of sp³-hybridized carbons (Fsp3) is 0.0714. The summed E-state index contributed by atoms with van der Waals surface area (Å²) in [6.07, 6.45) is -0.190. The molecular formula is C14H11F3N2O. The van der Waals surface area contributed by atoms with E-state index >= 15 is 0 Å². The number of hydrogen-bond donors (Lipinski definition) is 1. The summed E-state index contributed by atoms with van der Waals surface area (Å²) in [7, 11) is 0. The van der Waals surface area contributed by atoms with Crippen LogP contribution in [0.3, 0.4) is 0 Å². The zero-order valence-electron chi connectivity index (χ0n) is 10.3. The first-order valence-corrected chi connectivity index (χ1v) is 5.70. The van der Waals surface area contributed by atoms with Gasteiger partial charge in [0.1, 0.15) is 0 Å². The Balaban J connectivity index is 2.43. The van der Waals surface area contributed by atoms with Crippen molar-refractivity contribution in [2.45, 2.75) is 6.18 Å². The highest BCUT2D eigenvalue weighted by atomic mass is 19.4. The highest BCUT2D eigenvalue weighted by Gasteiger charge is 2.30. The number of benzene rings is 1. The maximum absolute atomic E-state index is 12.7. The lowest BCUT2D eigenvalue weighted by molar-refractivity contribution is -0.137. The van der Waals surface area contributed by atoms with Crippen LogP contribution in [-0.2, 0) is 11.0 Å². The van der Waals surface area contributed by atoms with Crippen LogP contribution in [0.25, 0.3) is 11.8 Å². The van der Waals surface area contributed by atoms with Crippen LogP contribution in [0.4, 0.5) is 13.2 Å². The molecule has 1 aromatic carbocycles. The van der Waals surface area contributed by atoms with E-state index in [9.17, 15) is 18.0 Å². The molecule has 0 fully saturated rings. The molecule has 2 N–H and O–H groups in total. The van der Waals surface area contributed by atoms with Crippen molar-refractivity contribution in [3.8, 4) is 5.69 Å². The second-order valence-electron chi connectivity index (χ2n) is 4.09. The standard InChI is InChI=1S/C14H11F3N2O/c15-14(16,17)10-3-1-4-12(9-10)19-8-2-5-11(19)6-7-13(18)20/h1-9H,(H2,18,20)/b7-6-. The Labute approximate surface area is 113 Å². The minimum atomic E-state index is -4.40. The maximum atomic E-state index is 12.7. The van der Waals surface area contributed by atoms with E-state index in [1.54, 1.807) is 24.4 Å². The Morgan fingerprint density at radius 3 is 2.60 bits per heavy atom. The van der Waals surface area contributed by atoms with Crippen LogP contribution in [0.1, 0.15) is 11.3 Å². The van der Waals surface area contributed by atoms with Gasteiger partial charge in [0, 0.05) is 23.7 Å². The fourth-order valence-corrected chi connectivity index (χ4v) is 1.76. The highest BCUT2D eigenvalue weighted by molar-refractivity contribution is 5.90. The summed E-state index contributed by atoms with van der Waals surface area (Å²) in [5, 5.41) is 0. The van der Waals surface area contributed by atoms with Crippen LogP contribution in [-0.4, -0.2) is 10.5 Å². The van der Waals surface area contributed by atoms with Crippen molar-refractivity contribution in [2.75, 3.05) is 0 Å². The summed E-state index contributed by atoms with van der Waals surface area (Å²) in [6.45, 7) is 0. The SMILES string of the molecule is NC(=O)/C=C\c1cccn1-c1cccc(C(F)(F)F)c1. The van der Waals surface area contributed by atoms with Crippen molar-refractivity contribution in [2.24, 2.45) is 5.73 Å². The van der Waals surface area contributed by atoms with E-state index in [-0.39, 0.29) is 0 Å². The third-order valence-electron chi connectivity index (χ3n) is 2.65. The molecule has 0 aliphatic carbocycles. The molecule has 104 valence electrons. The number of carbonyl (C=O) groups excluding carboxylic acids is 1. The third-order valence-corrected chi connectivity index (χ3v) is 2.65. The van der Waals surface area contributed by atoms with Crippen molar-refractivity contribution in [1.29, 1.82) is 0 Å². The molecule has 2 rings (SSSR count). The van der Waals surface area contributed by atoms with Gasteiger partial charge in [-0.25, -0.2) is 0 Å². The van der Waals surface area contributed by atoms with E-state index < -0.39 is 17.6 Å². The van der Waals surface area contributed by atoms with Crippen molar-refractivity contribution in [3.63, 3.8) is 0 Å². The molecule has 1 aromatic heterocycles. The van der Waals surface area contributed by atoms with Crippen LogP contribution in [0, 0.1) is 0 Å². The number of nitrogens with two attached hydrogens (primary N) is 1. The molecule has 1 heterocycles. The lowest BCUT2D eigenvalue weighted by Gasteiger charge is -2.11. The van der Waals surface area contributed by atoms with Crippen molar-refractivity contribution in [3.05, 3.63) is 59.9 Å². The second-order valence-corrected chi connectivity index (χ2v) is 4.09. The second kappa shape index (κ2) is 5.24. The molecule has 3 nitrogen and oxygen atoms in total. The lowest BCUT2D eigenvalue weighted by atomic mass is 10.2. The molecule has 0 unspecified atom stereocenters. The lowest BCUT2D eigenvalue weighted by Crippen LogP contribution is -2.07. The Hall–Kier alpha value is -2.50. The number of primary amides is 1. The minimum Gasteiger partial charge on any atom is -0.366 e. The van der Waals surface area contributed by atoms with E-state index in [1.165, 1.54) is 16.7 Å². The number of amides is 1. The number of alkyl halides is 3. The van der Waals surface area contributed by atoms with E-state index in [1.807, 2.05) is 0 Å². The average molecular weight is 280 g/mol. The van der Waals surface area contributed by atoms with Crippen LogP contribution in [0.15, 0.2) is 48.7 Å². The molecule has 0 saturated carbocycles. The first kappa shape index (κ1) is 13.9. The van der Waals surface area contributed by atoms with Gasteiger partial charge in [0.25, 0.3) is 0 Å². The molecule has 6 heteroatoms. The summed E-state index contributed by atoms with van der Waals surface area (Å²) < 4.78 is 39.6. The van der Waals surface area contributed by atoms with Crippen LogP contribution >= 0.6 is 0 Å². The van der Waals surface area contributed by atoms with Gasteiger partial charge in [-0.1, -0.05) is 6.07 Å². The Morgan fingerprint density at radius 1 is 1.20 bits per heavy atom. The van der Waals surface area contributed by atoms with Crippen LogP contribution in [0.5, 0.6) is 0 Å². The molecule has 0 atom stereocenters. The predicted molar refractivity (Wildman–Crippen MR) is 69.0 cm³/mol. The number of carbonyl (C=O) groups is 1. The summed E-state index contributed by atoms with van der Waals surface area (Å²) in [5.74, 6) is -0.623. The molecule has 0 bridgehead atoms. The number of halogens is 3. The minimum absolute atomic E-state index is 0.356. The molecule has 0 spiro atoms. The summed E-state index contributed by atoms with van der Waals surface area (Å²) in [6, 6.07) is 8.27. The number of aromatic nitrogens is 1. The monoisotopic (exact) mass is 280 g/mol. The van der Waals surface area contributed by atoms with E-state index in [0.29, 0.717) is 11.4 Å². The van der Waals surface area contributed by atoms with Gasteiger partial charge in [-0.15, -0.1) is 0 Å². The zero-order valence-corrected chi connectivity index (χ0v) is 10.3. The van der Waals surface area contributed by atoms with Gasteiger partial charge in [-0.05, 0) is 36.4 Å². The fourth-order valence-electron chi connectivity index (χ4n) is 1.76. The maximum Gasteiger partial charge on any atom is 0.416 e. The molecule has 0 saturated heterocycles. The largest absolute Gasteiger partial charge is 0.416 e. The van der Waals surface area contributed by atoms with E-state index in [0.717, 1.165) is 18.2 Å². The summed E-state index contributed by atoms with van der Waals surface area (Å²) >= 11 is 0. The molecule has 0 aliphatic rings. The van der Waals surface area contributed by atoms with Crippen LogP contribution in [0.2, 0.25) is 0 Å². The average Bonchev–Trinajstić information content (AvgIpc) is 2.83. The Morgan fingerprint density at radius 2 is 1.95 bits per heavy atom. The van der Waals surface area contributed by atoms with E-state index in [2.05, 4.69) is 0 Å². The van der Waals surface area contributed by atoms with E-state index in [4.69, 9.17) is 5.73 Å². The molecule has 1 amide bonds. The number of hydrogen-bond acceptors (Lipinski definition) is 1. The normalized spacial score (nSPS) is 11.9. The Bertz CT molecular complexity index is 656. The van der Waals surface area contributed by atoms with Gasteiger partial charge >= 0.3 is 6.18 Å². The smallest absolute Gasteiger partial charge is 0.366 e. The zero-order chi connectivity index (χ0) is 14.8. The van der Waals surface area contributed by atoms with Crippen molar-refractivity contribution >= 4 is 12.0 Å². The number of nitrogens with zero attached hydrogens (tertiary/aromatic N) is 1. The van der Waals surface area contributed by atoms with Gasteiger partial charge in [-0.3, -0.25) is 4.79 Å². The molecular weight excluding hydrogens is 269 g/mol. The van der Waals surface area contributed by atoms with Crippen LogP contribution < -0.4 is 5.73 Å². The van der Waals surface area contributed by atoms with Gasteiger partial charge in [0.15, 0.2) is 0 Å². The molecule has 0 radical (unpaired) electrons. The third kappa shape index (κ3) is 3.09. The quantitative estimate of drug-likeness (QED) is 0.863. The van der Waals surface area contributed by atoms with Crippen molar-refractivity contribution < 1.29 is 18.0 Å². The first-order chi connectivity index (χ1) is 9.38. The van der Waals surface area contributed by atoms with Crippen molar-refractivity contribution in [1.82, 2.24) is 4.57 Å². The first-order valence-electron chi connectivity index (χ1n) is 5.70. The highest BCUT2D eigenvalue weighted by Crippen LogP contribution is 2.30. The van der Waals surface area contributed by atoms with Gasteiger partial charge in [0.05, 0.1) is 5.56 Å². The molecule has 20 heavy (non-hydrogen) atoms. The number of rotatable bonds is 3. The molecule has 2 aromatic rings.